The number of carbonyl (C=O) groups excluding carboxylic acids is 1. The zero-order valence-corrected chi connectivity index (χ0v) is 21.1. The highest BCUT2D eigenvalue weighted by Gasteiger charge is 2.38. The summed E-state index contributed by atoms with van der Waals surface area (Å²) >= 11 is 0. The molecule has 0 saturated heterocycles. The lowest BCUT2D eigenvalue weighted by atomic mass is 10.0. The number of nitrogens with zero attached hydrogens (tertiary/aromatic N) is 3. The van der Waals surface area contributed by atoms with Crippen LogP contribution in [0.4, 0.5) is 0 Å². The summed E-state index contributed by atoms with van der Waals surface area (Å²) in [6.07, 6.45) is -0.467. The summed E-state index contributed by atoms with van der Waals surface area (Å²) in [4.78, 5) is 15.9. The zero-order valence-electron chi connectivity index (χ0n) is 20.2. The number of sulfonamides is 1. The van der Waals surface area contributed by atoms with Gasteiger partial charge < -0.3 is 24.4 Å². The molecular weight excluding hydrogens is 446 g/mol. The number of fused-ring (bicyclic) bond motifs is 1. The van der Waals surface area contributed by atoms with Gasteiger partial charge in [0, 0.05) is 38.2 Å². The minimum Gasteiger partial charge on any atom is -0.487 e. The predicted molar refractivity (Wildman–Crippen MR) is 125 cm³/mol. The van der Waals surface area contributed by atoms with E-state index < -0.39 is 22.2 Å². The maximum absolute atomic E-state index is 13.5. The molecular formula is C23H35N3O6S. The molecule has 3 atom stereocenters. The van der Waals surface area contributed by atoms with Gasteiger partial charge in [-0.15, -0.1) is 0 Å². The van der Waals surface area contributed by atoms with E-state index in [9.17, 15) is 18.3 Å². The van der Waals surface area contributed by atoms with E-state index in [1.807, 2.05) is 21.0 Å². The first kappa shape index (κ1) is 27.1. The molecule has 1 aromatic carbocycles. The van der Waals surface area contributed by atoms with Crippen molar-refractivity contribution < 1.29 is 27.8 Å². The summed E-state index contributed by atoms with van der Waals surface area (Å²) in [5.74, 6) is 5.65. The Morgan fingerprint density at radius 1 is 1.36 bits per heavy atom. The van der Waals surface area contributed by atoms with Gasteiger partial charge in [-0.25, -0.2) is 8.42 Å². The van der Waals surface area contributed by atoms with Gasteiger partial charge in [-0.1, -0.05) is 18.8 Å². The molecule has 1 aromatic rings. The van der Waals surface area contributed by atoms with Crippen LogP contribution in [-0.4, -0.2) is 107 Å². The average molecular weight is 482 g/mol. The molecule has 184 valence electrons. The van der Waals surface area contributed by atoms with Crippen molar-refractivity contribution in [2.75, 3.05) is 61.1 Å². The minimum atomic E-state index is -3.92. The molecule has 0 aromatic heterocycles. The van der Waals surface area contributed by atoms with Gasteiger partial charge in [0.15, 0.2) is 0 Å². The van der Waals surface area contributed by atoms with Crippen LogP contribution in [0.2, 0.25) is 0 Å². The molecule has 10 heteroatoms. The second-order valence-electron chi connectivity index (χ2n) is 8.65. The van der Waals surface area contributed by atoms with E-state index in [-0.39, 0.29) is 55.3 Å². The summed E-state index contributed by atoms with van der Waals surface area (Å²) in [5.41, 5.74) is 0.590. The van der Waals surface area contributed by atoms with Crippen molar-refractivity contribution in [2.24, 2.45) is 5.92 Å². The van der Waals surface area contributed by atoms with Crippen LogP contribution in [0.25, 0.3) is 0 Å². The normalized spacial score (nSPS) is 21.1. The molecule has 0 spiro atoms. The Bertz CT molecular complexity index is 986. The smallest absolute Gasteiger partial charge is 0.247 e. The molecule has 1 amide bonds. The van der Waals surface area contributed by atoms with E-state index in [0.29, 0.717) is 5.56 Å². The highest BCUT2D eigenvalue weighted by molar-refractivity contribution is 7.89. The topological polar surface area (TPSA) is 99.6 Å². The summed E-state index contributed by atoms with van der Waals surface area (Å²) in [6.45, 7) is 4.18. The second kappa shape index (κ2) is 11.8. The number of ether oxygens (including phenoxy) is 2. The predicted octanol–water partition coefficient (Wildman–Crippen LogP) is 0.473. The molecule has 33 heavy (non-hydrogen) atoms. The quantitative estimate of drug-likeness (QED) is 0.565. The average Bonchev–Trinajstić information content (AvgIpc) is 2.75. The molecule has 0 bridgehead atoms. The molecule has 1 aliphatic rings. The van der Waals surface area contributed by atoms with Gasteiger partial charge in [0.1, 0.15) is 23.4 Å². The van der Waals surface area contributed by atoms with Crippen LogP contribution >= 0.6 is 0 Å². The Hall–Kier alpha value is -2.16. The number of aliphatic hydroxyl groups excluding tert-OH is 1. The van der Waals surface area contributed by atoms with Crippen molar-refractivity contribution in [3.8, 4) is 17.6 Å². The number of methoxy groups -OCH3 is 1. The lowest BCUT2D eigenvalue weighted by molar-refractivity contribution is -0.132. The molecule has 1 N–H and O–H groups in total. The van der Waals surface area contributed by atoms with E-state index in [1.165, 1.54) is 10.4 Å². The number of aliphatic hydroxyl groups is 1. The van der Waals surface area contributed by atoms with Crippen molar-refractivity contribution >= 4 is 15.9 Å². The van der Waals surface area contributed by atoms with Gasteiger partial charge >= 0.3 is 0 Å². The van der Waals surface area contributed by atoms with Crippen molar-refractivity contribution in [2.45, 2.75) is 30.9 Å². The Morgan fingerprint density at radius 2 is 2.06 bits per heavy atom. The van der Waals surface area contributed by atoms with Crippen LogP contribution < -0.4 is 4.74 Å². The maximum Gasteiger partial charge on any atom is 0.247 e. The molecule has 9 nitrogen and oxygen atoms in total. The lowest BCUT2D eigenvalue weighted by Gasteiger charge is -2.37. The van der Waals surface area contributed by atoms with Crippen LogP contribution in [-0.2, 0) is 19.6 Å². The fourth-order valence-corrected chi connectivity index (χ4v) is 5.32. The number of likely N-dealkylation sites (N-methyl/N-ethyl adjacent to an activating group) is 2. The monoisotopic (exact) mass is 481 g/mol. The minimum absolute atomic E-state index is 0.0132. The van der Waals surface area contributed by atoms with Crippen LogP contribution in [0, 0.1) is 17.8 Å². The summed E-state index contributed by atoms with van der Waals surface area (Å²) < 4.78 is 39.4. The number of benzene rings is 1. The Labute approximate surface area is 197 Å². The summed E-state index contributed by atoms with van der Waals surface area (Å²) in [7, 11) is 2.97. The van der Waals surface area contributed by atoms with Gasteiger partial charge in [-0.3, -0.25) is 4.79 Å². The Balaban J connectivity index is 2.50. The van der Waals surface area contributed by atoms with E-state index in [4.69, 9.17) is 9.47 Å². The molecule has 2 rings (SSSR count). The summed E-state index contributed by atoms with van der Waals surface area (Å²) in [5, 5.41) is 9.72. The van der Waals surface area contributed by atoms with Gasteiger partial charge in [-0.05, 0) is 39.2 Å². The van der Waals surface area contributed by atoms with Crippen LogP contribution in [0.3, 0.4) is 0 Å². The standard InChI is InChI=1S/C23H35N3O6S/c1-17-13-26(18(2)16-27)33(29,30)22-10-9-19(8-7-11-31-6)12-20(22)32-21(17)14-25(5)23(28)15-24(3)4/h9-10,12,17-18,21,27H,11,13-16H2,1-6H3/t17-,18+,21+/m0/s1. The highest BCUT2D eigenvalue weighted by atomic mass is 32.2. The highest BCUT2D eigenvalue weighted by Crippen LogP contribution is 2.34. The fourth-order valence-electron chi connectivity index (χ4n) is 3.49. The molecule has 1 aliphatic heterocycles. The van der Waals surface area contributed by atoms with Gasteiger partial charge in [0.05, 0.1) is 19.7 Å². The van der Waals surface area contributed by atoms with Gasteiger partial charge in [-0.2, -0.15) is 4.31 Å². The SMILES string of the molecule is COCC#Cc1ccc2c(c1)O[C@H](CN(C)C(=O)CN(C)C)[C@@H](C)CN([C@H](C)CO)S2(=O)=O. The first-order valence-corrected chi connectivity index (χ1v) is 12.2. The van der Waals surface area contributed by atoms with Crippen molar-refractivity contribution in [3.63, 3.8) is 0 Å². The van der Waals surface area contributed by atoms with E-state index in [0.717, 1.165) is 0 Å². The number of amides is 1. The molecule has 0 saturated carbocycles. The number of carbonyl (C=O) groups is 1. The van der Waals surface area contributed by atoms with Crippen molar-refractivity contribution in [1.29, 1.82) is 0 Å². The molecule has 1 heterocycles. The van der Waals surface area contributed by atoms with Crippen molar-refractivity contribution in [1.82, 2.24) is 14.1 Å². The van der Waals surface area contributed by atoms with Crippen LogP contribution in [0.15, 0.2) is 23.1 Å². The van der Waals surface area contributed by atoms with E-state index in [1.54, 1.807) is 43.0 Å². The van der Waals surface area contributed by atoms with Crippen molar-refractivity contribution in [3.05, 3.63) is 23.8 Å². The fraction of sp³-hybridized carbons (Fsp3) is 0.609. The number of hydrogen-bond acceptors (Lipinski definition) is 7. The molecule has 0 unspecified atom stereocenters. The van der Waals surface area contributed by atoms with Crippen LogP contribution in [0.1, 0.15) is 19.4 Å². The first-order chi connectivity index (χ1) is 15.5. The number of hydrogen-bond donors (Lipinski definition) is 1. The van der Waals surface area contributed by atoms with Crippen LogP contribution in [0.5, 0.6) is 5.75 Å². The third kappa shape index (κ3) is 6.91. The molecule has 0 aliphatic carbocycles. The maximum atomic E-state index is 13.5. The first-order valence-electron chi connectivity index (χ1n) is 10.8. The summed E-state index contributed by atoms with van der Waals surface area (Å²) in [6, 6.07) is 4.09. The number of rotatable bonds is 7. The molecule has 0 radical (unpaired) electrons. The largest absolute Gasteiger partial charge is 0.487 e. The second-order valence-corrected chi connectivity index (χ2v) is 10.5. The lowest BCUT2D eigenvalue weighted by Crippen LogP contribution is -2.50. The van der Waals surface area contributed by atoms with E-state index >= 15 is 0 Å². The molecule has 0 fully saturated rings. The Morgan fingerprint density at radius 3 is 2.67 bits per heavy atom. The zero-order chi connectivity index (χ0) is 24.8. The third-order valence-electron chi connectivity index (χ3n) is 5.45. The van der Waals surface area contributed by atoms with Gasteiger partial charge in [0.25, 0.3) is 0 Å². The Kier molecular flexibility index (Phi) is 9.70. The van der Waals surface area contributed by atoms with Gasteiger partial charge in [0.2, 0.25) is 15.9 Å². The van der Waals surface area contributed by atoms with E-state index in [2.05, 4.69) is 11.8 Å². The third-order valence-corrected chi connectivity index (χ3v) is 7.47.